The molecule has 5 heteroatoms. The first-order valence-corrected chi connectivity index (χ1v) is 4.85. The van der Waals surface area contributed by atoms with Crippen molar-refractivity contribution in [2.45, 2.75) is 38.8 Å². The molecule has 0 aliphatic rings. The van der Waals surface area contributed by atoms with E-state index in [1.54, 1.807) is 0 Å². The molecule has 1 aromatic heterocycles. The lowest BCUT2D eigenvalue weighted by atomic mass is 10.1. The molecule has 0 aliphatic carbocycles. The van der Waals surface area contributed by atoms with E-state index >= 15 is 0 Å². The highest BCUT2D eigenvalue weighted by Crippen LogP contribution is 2.28. The topological polar surface area (TPSA) is 25.8 Å². The zero-order valence-electron chi connectivity index (χ0n) is 8.67. The fourth-order valence-corrected chi connectivity index (χ4v) is 1.33. The number of alkyl halides is 3. The predicted octanol–water partition coefficient (Wildman–Crippen LogP) is 3.40. The van der Waals surface area contributed by atoms with Crippen LogP contribution in [0.3, 0.4) is 0 Å². The summed E-state index contributed by atoms with van der Waals surface area (Å²) < 4.78 is 37.0. The van der Waals surface area contributed by atoms with Crippen LogP contribution < -0.4 is 0 Å². The van der Waals surface area contributed by atoms with E-state index in [1.807, 2.05) is 13.8 Å². The predicted molar refractivity (Wildman–Crippen MR) is 50.4 cm³/mol. The van der Waals surface area contributed by atoms with Gasteiger partial charge in [0, 0.05) is 12.1 Å². The minimum Gasteiger partial charge on any atom is -0.241 e. The van der Waals surface area contributed by atoms with Crippen LogP contribution in [0.1, 0.15) is 44.1 Å². The molecular formula is C10H13F3N2. The third kappa shape index (κ3) is 3.18. The minimum atomic E-state index is -4.39. The van der Waals surface area contributed by atoms with Gasteiger partial charge in [0.15, 0.2) is 0 Å². The normalized spacial score (nSPS) is 13.9. The second-order valence-electron chi connectivity index (χ2n) is 3.49. The van der Waals surface area contributed by atoms with Crippen LogP contribution in [-0.2, 0) is 6.18 Å². The summed E-state index contributed by atoms with van der Waals surface area (Å²) in [4.78, 5) is 7.39. The lowest BCUT2D eigenvalue weighted by Gasteiger charge is -2.11. The molecule has 0 amide bonds. The first kappa shape index (κ1) is 11.9. The highest BCUT2D eigenvalue weighted by Gasteiger charge is 2.33. The smallest absolute Gasteiger partial charge is 0.241 e. The van der Waals surface area contributed by atoms with Crippen molar-refractivity contribution in [1.29, 1.82) is 0 Å². The third-order valence-electron chi connectivity index (χ3n) is 2.13. The largest absolute Gasteiger partial charge is 0.433 e. The fraction of sp³-hybridized carbons (Fsp3) is 0.600. The molecule has 0 saturated heterocycles. The van der Waals surface area contributed by atoms with Crippen molar-refractivity contribution in [2.24, 2.45) is 0 Å². The van der Waals surface area contributed by atoms with Crippen LogP contribution in [0.4, 0.5) is 13.2 Å². The Labute approximate surface area is 86.6 Å². The van der Waals surface area contributed by atoms with Crippen molar-refractivity contribution < 1.29 is 13.2 Å². The highest BCUT2D eigenvalue weighted by atomic mass is 19.4. The van der Waals surface area contributed by atoms with Crippen molar-refractivity contribution >= 4 is 0 Å². The molecule has 0 spiro atoms. The van der Waals surface area contributed by atoms with Gasteiger partial charge in [0.1, 0.15) is 11.5 Å². The zero-order chi connectivity index (χ0) is 11.5. The van der Waals surface area contributed by atoms with Crippen molar-refractivity contribution in [2.75, 3.05) is 0 Å². The Morgan fingerprint density at radius 3 is 2.60 bits per heavy atom. The second kappa shape index (κ2) is 4.59. The number of aromatic nitrogens is 2. The SMILES string of the molecule is CCCC(C)c1nccc(C(F)(F)F)n1. The van der Waals surface area contributed by atoms with E-state index in [1.165, 1.54) is 0 Å². The van der Waals surface area contributed by atoms with E-state index in [4.69, 9.17) is 0 Å². The maximum Gasteiger partial charge on any atom is 0.433 e. The summed E-state index contributed by atoms with van der Waals surface area (Å²) in [6.07, 6.45) is -1.52. The molecule has 15 heavy (non-hydrogen) atoms. The quantitative estimate of drug-likeness (QED) is 0.777. The van der Waals surface area contributed by atoms with E-state index in [-0.39, 0.29) is 11.7 Å². The van der Waals surface area contributed by atoms with E-state index < -0.39 is 11.9 Å². The van der Waals surface area contributed by atoms with Crippen LogP contribution in [0.15, 0.2) is 12.3 Å². The molecule has 0 radical (unpaired) electrons. The van der Waals surface area contributed by atoms with Gasteiger partial charge in [-0.1, -0.05) is 20.3 Å². The molecule has 0 saturated carbocycles. The van der Waals surface area contributed by atoms with Gasteiger partial charge in [-0.3, -0.25) is 0 Å². The standard InChI is InChI=1S/C10H13F3N2/c1-3-4-7(2)9-14-6-5-8(15-9)10(11,12)13/h5-7H,3-4H2,1-2H3. The van der Waals surface area contributed by atoms with Crippen LogP contribution in [0.2, 0.25) is 0 Å². The molecule has 1 atom stereocenters. The molecular weight excluding hydrogens is 205 g/mol. The Balaban J connectivity index is 2.92. The first-order chi connectivity index (χ1) is 6.95. The summed E-state index contributed by atoms with van der Waals surface area (Å²) in [6.45, 7) is 3.81. The Hall–Kier alpha value is -1.13. The molecule has 0 fully saturated rings. The van der Waals surface area contributed by atoms with Gasteiger partial charge in [0.25, 0.3) is 0 Å². The molecule has 1 rings (SSSR count). The second-order valence-corrected chi connectivity index (χ2v) is 3.49. The van der Waals surface area contributed by atoms with Crippen LogP contribution in [-0.4, -0.2) is 9.97 Å². The van der Waals surface area contributed by atoms with Gasteiger partial charge in [0.2, 0.25) is 0 Å². The highest BCUT2D eigenvalue weighted by molar-refractivity contribution is 5.08. The van der Waals surface area contributed by atoms with Crippen LogP contribution >= 0.6 is 0 Å². The lowest BCUT2D eigenvalue weighted by molar-refractivity contribution is -0.141. The molecule has 1 aromatic rings. The van der Waals surface area contributed by atoms with Crippen LogP contribution in [0, 0.1) is 0 Å². The fourth-order valence-electron chi connectivity index (χ4n) is 1.33. The number of halogens is 3. The van der Waals surface area contributed by atoms with Gasteiger partial charge in [0.05, 0.1) is 0 Å². The summed E-state index contributed by atoms with van der Waals surface area (Å²) in [6, 6.07) is 0.891. The third-order valence-corrected chi connectivity index (χ3v) is 2.13. The molecule has 1 heterocycles. The summed E-state index contributed by atoms with van der Waals surface area (Å²) in [5.74, 6) is 0.240. The molecule has 0 aromatic carbocycles. The number of nitrogens with zero attached hydrogens (tertiary/aromatic N) is 2. The minimum absolute atomic E-state index is 0.0303. The molecule has 2 nitrogen and oxygen atoms in total. The maximum absolute atomic E-state index is 12.3. The molecule has 84 valence electrons. The van der Waals surface area contributed by atoms with Crippen molar-refractivity contribution in [3.05, 3.63) is 23.8 Å². The Kier molecular flexibility index (Phi) is 3.66. The number of hydrogen-bond acceptors (Lipinski definition) is 2. The van der Waals surface area contributed by atoms with E-state index in [9.17, 15) is 13.2 Å². The first-order valence-electron chi connectivity index (χ1n) is 4.85. The summed E-state index contributed by atoms with van der Waals surface area (Å²) in [5.41, 5.74) is -0.865. The van der Waals surface area contributed by atoms with E-state index in [2.05, 4.69) is 9.97 Å². The van der Waals surface area contributed by atoms with E-state index in [0.717, 1.165) is 25.1 Å². The Bertz CT molecular complexity index is 323. The summed E-state index contributed by atoms with van der Waals surface area (Å²) in [7, 11) is 0. The molecule has 0 bridgehead atoms. The van der Waals surface area contributed by atoms with Gasteiger partial charge in [-0.2, -0.15) is 13.2 Å². The average Bonchev–Trinajstić information content (AvgIpc) is 2.17. The number of rotatable bonds is 3. The molecule has 1 unspecified atom stereocenters. The molecule has 0 aliphatic heterocycles. The maximum atomic E-state index is 12.3. The van der Waals surface area contributed by atoms with Gasteiger partial charge < -0.3 is 0 Å². The van der Waals surface area contributed by atoms with Crippen molar-refractivity contribution in [1.82, 2.24) is 9.97 Å². The van der Waals surface area contributed by atoms with Gasteiger partial charge >= 0.3 is 6.18 Å². The Morgan fingerprint density at radius 1 is 1.40 bits per heavy atom. The summed E-state index contributed by atoms with van der Waals surface area (Å²) >= 11 is 0. The van der Waals surface area contributed by atoms with E-state index in [0.29, 0.717) is 0 Å². The zero-order valence-corrected chi connectivity index (χ0v) is 8.67. The van der Waals surface area contributed by atoms with Crippen LogP contribution in [0.5, 0.6) is 0 Å². The molecule has 0 N–H and O–H groups in total. The van der Waals surface area contributed by atoms with Crippen LogP contribution in [0.25, 0.3) is 0 Å². The van der Waals surface area contributed by atoms with Gasteiger partial charge in [-0.15, -0.1) is 0 Å². The van der Waals surface area contributed by atoms with Gasteiger partial charge in [-0.25, -0.2) is 9.97 Å². The number of hydrogen-bond donors (Lipinski definition) is 0. The summed E-state index contributed by atoms with van der Waals surface area (Å²) in [5, 5.41) is 0. The average molecular weight is 218 g/mol. The lowest BCUT2D eigenvalue weighted by Crippen LogP contribution is -2.11. The van der Waals surface area contributed by atoms with Crippen molar-refractivity contribution in [3.63, 3.8) is 0 Å². The van der Waals surface area contributed by atoms with Gasteiger partial charge in [-0.05, 0) is 12.5 Å². The monoisotopic (exact) mass is 218 g/mol. The van der Waals surface area contributed by atoms with Crippen molar-refractivity contribution in [3.8, 4) is 0 Å². The Morgan fingerprint density at radius 2 is 2.07 bits per heavy atom.